The number of hydrogen-bond donors (Lipinski definition) is 1. The molecular formula is C23H27ClN2O4. The van der Waals surface area contributed by atoms with Gasteiger partial charge in [-0.25, -0.2) is 0 Å². The Hall–Kier alpha value is -2.12. The highest BCUT2D eigenvalue weighted by atomic mass is 35.5. The van der Waals surface area contributed by atoms with Crippen molar-refractivity contribution in [3.05, 3.63) is 59.1 Å². The van der Waals surface area contributed by atoms with Crippen molar-refractivity contribution >= 4 is 23.2 Å². The molecule has 1 amide bonds. The summed E-state index contributed by atoms with van der Waals surface area (Å²) in [5.41, 5.74) is 1.62. The van der Waals surface area contributed by atoms with Gasteiger partial charge in [0.1, 0.15) is 11.8 Å². The van der Waals surface area contributed by atoms with E-state index >= 15 is 0 Å². The number of methoxy groups -OCH3 is 1. The van der Waals surface area contributed by atoms with E-state index in [9.17, 15) is 4.79 Å². The Morgan fingerprint density at radius 3 is 2.47 bits per heavy atom. The molecule has 6 nitrogen and oxygen atoms in total. The third-order valence-electron chi connectivity index (χ3n) is 5.75. The molecule has 1 N–H and O–H groups in total. The molecule has 2 saturated heterocycles. The van der Waals surface area contributed by atoms with Crippen LogP contribution >= 0.6 is 11.6 Å². The van der Waals surface area contributed by atoms with E-state index in [1.807, 2.05) is 30.3 Å². The van der Waals surface area contributed by atoms with Crippen molar-refractivity contribution in [1.82, 2.24) is 4.90 Å². The first kappa shape index (κ1) is 21.1. The minimum atomic E-state index is -0.376. The maximum absolute atomic E-state index is 13.3. The van der Waals surface area contributed by atoms with Crippen molar-refractivity contribution in [2.45, 2.75) is 25.2 Å². The molecule has 7 heteroatoms. The highest BCUT2D eigenvalue weighted by molar-refractivity contribution is 6.32. The van der Waals surface area contributed by atoms with Gasteiger partial charge in [-0.2, -0.15) is 0 Å². The van der Waals surface area contributed by atoms with Crippen LogP contribution in [0.15, 0.2) is 48.5 Å². The summed E-state index contributed by atoms with van der Waals surface area (Å²) in [7, 11) is 1.57. The molecule has 4 rings (SSSR count). The quantitative estimate of drug-likeness (QED) is 0.747. The summed E-state index contributed by atoms with van der Waals surface area (Å²) in [6.45, 7) is 2.96. The second kappa shape index (κ2) is 9.79. The third-order valence-corrected chi connectivity index (χ3v) is 6.05. The van der Waals surface area contributed by atoms with Gasteiger partial charge in [-0.1, -0.05) is 41.9 Å². The monoisotopic (exact) mass is 430 g/mol. The Kier molecular flexibility index (Phi) is 6.89. The molecule has 0 saturated carbocycles. The van der Waals surface area contributed by atoms with Gasteiger partial charge >= 0.3 is 0 Å². The van der Waals surface area contributed by atoms with E-state index in [1.165, 1.54) is 0 Å². The van der Waals surface area contributed by atoms with E-state index in [1.54, 1.807) is 25.3 Å². The Balaban J connectivity index is 1.49. The zero-order chi connectivity index (χ0) is 20.9. The van der Waals surface area contributed by atoms with Gasteiger partial charge in [-0.3, -0.25) is 9.69 Å². The van der Waals surface area contributed by atoms with Crippen molar-refractivity contribution in [2.75, 3.05) is 38.7 Å². The number of benzene rings is 2. The molecule has 0 spiro atoms. The van der Waals surface area contributed by atoms with Crippen LogP contribution in [0.2, 0.25) is 5.02 Å². The first-order valence-electron chi connectivity index (χ1n) is 10.3. The number of likely N-dealkylation sites (tertiary alicyclic amines) is 1. The summed E-state index contributed by atoms with van der Waals surface area (Å²) < 4.78 is 16.6. The van der Waals surface area contributed by atoms with Crippen molar-refractivity contribution in [1.29, 1.82) is 0 Å². The molecule has 2 aliphatic rings. The van der Waals surface area contributed by atoms with Crippen LogP contribution in [-0.4, -0.2) is 50.5 Å². The first-order valence-corrected chi connectivity index (χ1v) is 10.7. The fourth-order valence-electron chi connectivity index (χ4n) is 4.22. The van der Waals surface area contributed by atoms with Crippen LogP contribution < -0.4 is 10.1 Å². The van der Waals surface area contributed by atoms with E-state index in [4.69, 9.17) is 25.8 Å². The van der Waals surface area contributed by atoms with Gasteiger partial charge in [0.2, 0.25) is 5.91 Å². The Labute approximate surface area is 182 Å². The molecule has 0 radical (unpaired) electrons. The van der Waals surface area contributed by atoms with Crippen LogP contribution in [-0.2, 0) is 14.3 Å². The number of carbonyl (C=O) groups is 1. The topological polar surface area (TPSA) is 60.0 Å². The lowest BCUT2D eigenvalue weighted by Crippen LogP contribution is -2.44. The van der Waals surface area contributed by atoms with Gasteiger partial charge in [-0.05, 0) is 49.7 Å². The summed E-state index contributed by atoms with van der Waals surface area (Å²) in [6.07, 6.45) is 1.78. The molecule has 2 aliphatic heterocycles. The van der Waals surface area contributed by atoms with Crippen LogP contribution in [0, 0.1) is 5.92 Å². The largest absolute Gasteiger partial charge is 0.495 e. The lowest BCUT2D eigenvalue weighted by Gasteiger charge is -2.38. The summed E-state index contributed by atoms with van der Waals surface area (Å²) >= 11 is 6.23. The van der Waals surface area contributed by atoms with E-state index < -0.39 is 0 Å². The number of piperidine rings is 1. The summed E-state index contributed by atoms with van der Waals surface area (Å²) in [5, 5.41) is 3.49. The number of ether oxygens (including phenoxy) is 3. The van der Waals surface area contributed by atoms with Gasteiger partial charge in [0, 0.05) is 11.6 Å². The van der Waals surface area contributed by atoms with Gasteiger partial charge in [-0.15, -0.1) is 0 Å². The number of nitrogens with zero attached hydrogens (tertiary/aromatic N) is 1. The van der Waals surface area contributed by atoms with Gasteiger partial charge in [0.25, 0.3) is 0 Å². The summed E-state index contributed by atoms with van der Waals surface area (Å²) in [6, 6.07) is 14.8. The average molecular weight is 431 g/mol. The molecule has 0 aliphatic carbocycles. The number of anilines is 1. The van der Waals surface area contributed by atoms with Crippen molar-refractivity contribution in [2.24, 2.45) is 5.92 Å². The van der Waals surface area contributed by atoms with E-state index in [0.717, 1.165) is 31.5 Å². The molecule has 0 bridgehead atoms. The second-order valence-electron chi connectivity index (χ2n) is 7.64. The molecule has 2 heterocycles. The van der Waals surface area contributed by atoms with Gasteiger partial charge in [0.15, 0.2) is 6.29 Å². The van der Waals surface area contributed by atoms with E-state index in [0.29, 0.717) is 35.6 Å². The first-order chi connectivity index (χ1) is 14.7. The van der Waals surface area contributed by atoms with Crippen molar-refractivity contribution in [3.63, 3.8) is 0 Å². The second-order valence-corrected chi connectivity index (χ2v) is 8.04. The van der Waals surface area contributed by atoms with Gasteiger partial charge < -0.3 is 19.5 Å². The van der Waals surface area contributed by atoms with Crippen LogP contribution in [0.3, 0.4) is 0 Å². The third kappa shape index (κ3) is 4.78. The number of amides is 1. The van der Waals surface area contributed by atoms with Gasteiger partial charge in [0.05, 0.1) is 25.3 Å². The zero-order valence-electron chi connectivity index (χ0n) is 17.1. The Morgan fingerprint density at radius 1 is 1.13 bits per heavy atom. The standard InChI is InChI=1S/C23H27ClN2O4/c1-28-20-8-7-18(15-19(20)24)25-22(27)21(16-5-3-2-4-6-16)26-11-9-17(10-12-26)23-29-13-14-30-23/h2-8,15,17,21,23H,9-14H2,1H3,(H,25,27). The molecular weight excluding hydrogens is 404 g/mol. The molecule has 30 heavy (non-hydrogen) atoms. The number of halogens is 1. The highest BCUT2D eigenvalue weighted by Gasteiger charge is 2.35. The number of carbonyl (C=O) groups excluding carboxylic acids is 1. The smallest absolute Gasteiger partial charge is 0.246 e. The SMILES string of the molecule is COc1ccc(NC(=O)C(c2ccccc2)N2CCC(C3OCCO3)CC2)cc1Cl. The molecule has 2 aromatic carbocycles. The Bertz CT molecular complexity index is 850. The summed E-state index contributed by atoms with van der Waals surface area (Å²) in [5.74, 6) is 0.880. The normalized spacial score (nSPS) is 19.5. The van der Waals surface area contributed by atoms with E-state index in [-0.39, 0.29) is 18.2 Å². The minimum absolute atomic E-state index is 0.0748. The Morgan fingerprint density at radius 2 is 1.83 bits per heavy atom. The van der Waals surface area contributed by atoms with Crippen LogP contribution in [0.4, 0.5) is 5.69 Å². The predicted molar refractivity (Wildman–Crippen MR) is 116 cm³/mol. The lowest BCUT2D eigenvalue weighted by atomic mass is 9.93. The molecule has 160 valence electrons. The summed E-state index contributed by atoms with van der Waals surface area (Å²) in [4.78, 5) is 15.6. The molecule has 2 aromatic rings. The molecule has 1 unspecified atom stereocenters. The lowest BCUT2D eigenvalue weighted by molar-refractivity contribution is -0.124. The fraction of sp³-hybridized carbons (Fsp3) is 0.435. The molecule has 0 aromatic heterocycles. The number of rotatable bonds is 6. The van der Waals surface area contributed by atoms with Crippen LogP contribution in [0.1, 0.15) is 24.4 Å². The fourth-order valence-corrected chi connectivity index (χ4v) is 4.47. The predicted octanol–water partition coefficient (Wildman–Crippen LogP) is 4.11. The molecule has 2 fully saturated rings. The van der Waals surface area contributed by atoms with Crippen molar-refractivity contribution < 1.29 is 19.0 Å². The maximum Gasteiger partial charge on any atom is 0.246 e. The van der Waals surface area contributed by atoms with Crippen molar-refractivity contribution in [3.8, 4) is 5.75 Å². The zero-order valence-corrected chi connectivity index (χ0v) is 17.8. The molecule has 1 atom stereocenters. The number of hydrogen-bond acceptors (Lipinski definition) is 5. The minimum Gasteiger partial charge on any atom is -0.495 e. The highest BCUT2D eigenvalue weighted by Crippen LogP contribution is 2.32. The van der Waals surface area contributed by atoms with E-state index in [2.05, 4.69) is 10.2 Å². The number of nitrogens with one attached hydrogen (secondary N) is 1. The maximum atomic E-state index is 13.3. The van der Waals surface area contributed by atoms with Crippen LogP contribution in [0.5, 0.6) is 5.75 Å². The average Bonchev–Trinajstić information content (AvgIpc) is 3.30. The van der Waals surface area contributed by atoms with Crippen LogP contribution in [0.25, 0.3) is 0 Å².